The summed E-state index contributed by atoms with van der Waals surface area (Å²) in [5.74, 6) is 2.85. The molecule has 0 spiro atoms. The highest BCUT2D eigenvalue weighted by atomic mass is 15.1. The molecule has 0 unspecified atom stereocenters. The van der Waals surface area contributed by atoms with Gasteiger partial charge in [-0.2, -0.15) is 0 Å². The summed E-state index contributed by atoms with van der Waals surface area (Å²) < 4.78 is 2.25. The highest BCUT2D eigenvalue weighted by Gasteiger charge is 2.17. The predicted molar refractivity (Wildman–Crippen MR) is 234 cm³/mol. The first-order valence-corrected chi connectivity index (χ1v) is 19.1. The first kappa shape index (κ1) is 32.7. The molecule has 0 aliphatic heterocycles. The van der Waals surface area contributed by atoms with E-state index in [4.69, 9.17) is 19.9 Å². The molecule has 0 saturated carbocycles. The second kappa shape index (κ2) is 13.5. The number of rotatable bonds is 6. The van der Waals surface area contributed by atoms with E-state index in [1.807, 2.05) is 72.8 Å². The Kier molecular flexibility index (Phi) is 7.74. The van der Waals surface area contributed by atoms with Crippen LogP contribution in [0.4, 0.5) is 0 Å². The molecule has 0 aliphatic rings. The molecule has 0 fully saturated rings. The third-order valence-corrected chi connectivity index (χ3v) is 10.8. The Morgan fingerprint density at radius 3 is 1.42 bits per heavy atom. The Morgan fingerprint density at radius 1 is 0.281 bits per heavy atom. The van der Waals surface area contributed by atoms with Crippen LogP contribution in [0.25, 0.3) is 106 Å². The minimum Gasteiger partial charge on any atom is -0.292 e. The first-order chi connectivity index (χ1) is 28.2. The fraction of sp³-hybridized carbons (Fsp3) is 0. The molecular formula is C52H33N5. The van der Waals surface area contributed by atoms with Crippen LogP contribution < -0.4 is 0 Å². The molecular weight excluding hydrogens is 695 g/mol. The van der Waals surface area contributed by atoms with Gasteiger partial charge in [-0.25, -0.2) is 19.9 Å². The van der Waals surface area contributed by atoms with Crippen LogP contribution >= 0.6 is 0 Å². The van der Waals surface area contributed by atoms with Crippen LogP contribution in [-0.2, 0) is 0 Å². The highest BCUT2D eigenvalue weighted by molar-refractivity contribution is 6.26. The van der Waals surface area contributed by atoms with Gasteiger partial charge in [0.2, 0.25) is 0 Å². The normalized spacial score (nSPS) is 11.5. The second-order valence-electron chi connectivity index (χ2n) is 14.3. The topological polar surface area (TPSA) is 56.5 Å². The number of hydrogen-bond acceptors (Lipinski definition) is 4. The van der Waals surface area contributed by atoms with E-state index in [1.54, 1.807) is 0 Å². The summed E-state index contributed by atoms with van der Waals surface area (Å²) in [6.45, 7) is 0. The lowest BCUT2D eigenvalue weighted by molar-refractivity contribution is 1.07. The Labute approximate surface area is 329 Å². The molecule has 0 saturated heterocycles. The van der Waals surface area contributed by atoms with Gasteiger partial charge < -0.3 is 0 Å². The smallest absolute Gasteiger partial charge is 0.164 e. The molecule has 0 atom stereocenters. The molecule has 9 aromatic carbocycles. The zero-order valence-corrected chi connectivity index (χ0v) is 30.8. The van der Waals surface area contributed by atoms with E-state index in [0.29, 0.717) is 17.5 Å². The van der Waals surface area contributed by atoms with Gasteiger partial charge in [0.15, 0.2) is 17.5 Å². The van der Waals surface area contributed by atoms with Gasteiger partial charge in [0.1, 0.15) is 5.82 Å². The average Bonchev–Trinajstić information content (AvgIpc) is 3.69. The Morgan fingerprint density at radius 2 is 0.737 bits per heavy atom. The molecule has 0 N–H and O–H groups in total. The fourth-order valence-corrected chi connectivity index (χ4v) is 8.11. The lowest BCUT2D eigenvalue weighted by Gasteiger charge is -2.14. The summed E-state index contributed by atoms with van der Waals surface area (Å²) in [5, 5.41) is 7.14. The molecule has 0 bridgehead atoms. The summed E-state index contributed by atoms with van der Waals surface area (Å²) in [5.41, 5.74) is 9.30. The van der Waals surface area contributed by atoms with E-state index >= 15 is 0 Å². The lowest BCUT2D eigenvalue weighted by atomic mass is 9.91. The van der Waals surface area contributed by atoms with E-state index < -0.39 is 0 Å². The van der Waals surface area contributed by atoms with Crippen molar-refractivity contribution in [3.05, 3.63) is 200 Å². The summed E-state index contributed by atoms with van der Waals surface area (Å²) >= 11 is 0. The molecule has 11 rings (SSSR count). The molecule has 0 radical (unpaired) electrons. The third-order valence-electron chi connectivity index (χ3n) is 10.8. The van der Waals surface area contributed by atoms with Crippen LogP contribution in [0.3, 0.4) is 0 Å². The van der Waals surface area contributed by atoms with Crippen molar-refractivity contribution in [2.24, 2.45) is 0 Å². The maximum Gasteiger partial charge on any atom is 0.164 e. The van der Waals surface area contributed by atoms with Crippen molar-refractivity contribution in [1.82, 2.24) is 24.5 Å². The molecule has 0 amide bonds. The quantitative estimate of drug-likeness (QED) is 0.160. The predicted octanol–water partition coefficient (Wildman–Crippen LogP) is 13.0. The standard InChI is InChI=1S/C52H33N5/c1-4-15-34(16-5-1)49-54-50(35-17-6-2-7-18-35)56-51(55-49)38-28-30-44-45-32-37(27-29-43(45)41-23-10-11-24-42(41)46(44)33-38)36-19-14-20-39(31-36)52-53-47-25-12-13-26-48(47)57(52)40-21-8-3-9-22-40/h1-33H. The number of para-hydroxylation sites is 3. The molecule has 266 valence electrons. The van der Waals surface area contributed by atoms with Crippen LogP contribution in [0.2, 0.25) is 0 Å². The summed E-state index contributed by atoms with van der Waals surface area (Å²) in [7, 11) is 0. The van der Waals surface area contributed by atoms with Gasteiger partial charge in [-0.3, -0.25) is 4.57 Å². The lowest BCUT2D eigenvalue weighted by Crippen LogP contribution is -2.00. The van der Waals surface area contributed by atoms with Crippen molar-refractivity contribution >= 4 is 43.4 Å². The zero-order valence-electron chi connectivity index (χ0n) is 30.8. The monoisotopic (exact) mass is 727 g/mol. The van der Waals surface area contributed by atoms with E-state index in [9.17, 15) is 0 Å². The maximum atomic E-state index is 5.15. The SMILES string of the molecule is c1ccc(-c2nc(-c3ccccc3)nc(-c3ccc4c5cc(-c6cccc(-c7nc8ccccc8n7-c7ccccc7)c6)ccc5c5ccccc5c4c3)n2)cc1. The van der Waals surface area contributed by atoms with Crippen molar-refractivity contribution in [3.63, 3.8) is 0 Å². The van der Waals surface area contributed by atoms with E-state index in [-0.39, 0.29) is 0 Å². The molecule has 0 aliphatic carbocycles. The van der Waals surface area contributed by atoms with Gasteiger partial charge in [-0.05, 0) is 85.9 Å². The summed E-state index contributed by atoms with van der Waals surface area (Å²) in [4.78, 5) is 20.2. The van der Waals surface area contributed by atoms with Crippen molar-refractivity contribution in [1.29, 1.82) is 0 Å². The largest absolute Gasteiger partial charge is 0.292 e. The Hall–Kier alpha value is -7.76. The number of benzene rings is 9. The van der Waals surface area contributed by atoms with Gasteiger partial charge in [0.25, 0.3) is 0 Å². The Balaban J connectivity index is 1.07. The maximum absolute atomic E-state index is 5.15. The number of hydrogen-bond donors (Lipinski definition) is 0. The van der Waals surface area contributed by atoms with Crippen molar-refractivity contribution in [2.75, 3.05) is 0 Å². The van der Waals surface area contributed by atoms with E-state index in [1.165, 1.54) is 26.9 Å². The third kappa shape index (κ3) is 5.72. The number of nitrogens with zero attached hydrogens (tertiary/aromatic N) is 5. The van der Waals surface area contributed by atoms with Crippen LogP contribution in [0, 0.1) is 0 Å². The molecule has 11 aromatic rings. The van der Waals surface area contributed by atoms with Crippen LogP contribution in [0.15, 0.2) is 200 Å². The van der Waals surface area contributed by atoms with Gasteiger partial charge >= 0.3 is 0 Å². The molecule has 2 heterocycles. The fourth-order valence-electron chi connectivity index (χ4n) is 8.11. The minimum atomic E-state index is 0.640. The van der Waals surface area contributed by atoms with Crippen molar-refractivity contribution in [2.45, 2.75) is 0 Å². The number of aromatic nitrogens is 5. The van der Waals surface area contributed by atoms with Crippen LogP contribution in [-0.4, -0.2) is 24.5 Å². The van der Waals surface area contributed by atoms with Crippen LogP contribution in [0.5, 0.6) is 0 Å². The van der Waals surface area contributed by atoms with Crippen LogP contribution in [0.1, 0.15) is 0 Å². The Bertz CT molecular complexity index is 3220. The molecule has 5 heteroatoms. The summed E-state index contributed by atoms with van der Waals surface area (Å²) in [6.07, 6.45) is 0. The van der Waals surface area contributed by atoms with Crippen molar-refractivity contribution < 1.29 is 0 Å². The zero-order chi connectivity index (χ0) is 37.7. The van der Waals surface area contributed by atoms with E-state index in [2.05, 4.69) is 132 Å². The molecule has 5 nitrogen and oxygen atoms in total. The average molecular weight is 728 g/mol. The summed E-state index contributed by atoms with van der Waals surface area (Å²) in [6, 6.07) is 70.0. The van der Waals surface area contributed by atoms with Gasteiger partial charge in [-0.1, -0.05) is 158 Å². The van der Waals surface area contributed by atoms with E-state index in [0.717, 1.165) is 61.3 Å². The molecule has 57 heavy (non-hydrogen) atoms. The highest BCUT2D eigenvalue weighted by Crippen LogP contribution is 2.40. The minimum absolute atomic E-state index is 0.640. The van der Waals surface area contributed by atoms with Crippen molar-refractivity contribution in [3.8, 4) is 62.4 Å². The van der Waals surface area contributed by atoms with Gasteiger partial charge in [0, 0.05) is 27.9 Å². The first-order valence-electron chi connectivity index (χ1n) is 19.1. The molecule has 2 aromatic heterocycles. The number of imidazole rings is 1. The van der Waals surface area contributed by atoms with Gasteiger partial charge in [0.05, 0.1) is 11.0 Å². The van der Waals surface area contributed by atoms with Gasteiger partial charge in [-0.15, -0.1) is 0 Å². The second-order valence-corrected chi connectivity index (χ2v) is 14.3. The number of fused-ring (bicyclic) bond motifs is 7.